The van der Waals surface area contributed by atoms with E-state index in [1.165, 1.54) is 0 Å². The van der Waals surface area contributed by atoms with Crippen molar-refractivity contribution in [2.24, 2.45) is 5.92 Å². The van der Waals surface area contributed by atoms with E-state index >= 15 is 0 Å². The Morgan fingerprint density at radius 1 is 1.32 bits per heavy atom. The average Bonchev–Trinajstić information content (AvgIpc) is 2.54. The molecule has 2 atom stereocenters. The predicted octanol–water partition coefficient (Wildman–Crippen LogP) is 3.34. The Hall–Kier alpha value is -2.04. The Kier molecular flexibility index (Phi) is 5.41. The molecule has 0 bridgehead atoms. The molecular formula is C17H23NO4. The number of hydrogen-bond donors (Lipinski definition) is 2. The maximum Gasteiger partial charge on any atom is 0.408 e. The minimum absolute atomic E-state index is 0.0528. The van der Waals surface area contributed by atoms with E-state index in [1.807, 2.05) is 37.3 Å². The van der Waals surface area contributed by atoms with Gasteiger partial charge in [0, 0.05) is 0 Å². The summed E-state index contributed by atoms with van der Waals surface area (Å²) in [6.07, 6.45) is 3.16. The topological polar surface area (TPSA) is 75.6 Å². The van der Waals surface area contributed by atoms with Gasteiger partial charge < -0.3 is 15.2 Å². The number of aliphatic carboxylic acids is 1. The molecule has 0 saturated heterocycles. The number of carboxylic acid groups (broad SMARTS) is 1. The molecular weight excluding hydrogens is 282 g/mol. The number of benzene rings is 1. The zero-order valence-corrected chi connectivity index (χ0v) is 12.9. The standard InChI is InChI=1S/C17H23NO4/c1-2-14-10-6-7-11-17(14,15(19)20)18-16(21)22-12-13-8-4-3-5-9-13/h3-5,8-9,14H,2,6-7,10-12H2,1H3,(H,18,21)(H,19,20). The quantitative estimate of drug-likeness (QED) is 0.875. The molecule has 120 valence electrons. The summed E-state index contributed by atoms with van der Waals surface area (Å²) in [7, 11) is 0. The van der Waals surface area contributed by atoms with Gasteiger partial charge in [0.1, 0.15) is 12.1 Å². The fraction of sp³-hybridized carbons (Fsp3) is 0.529. The van der Waals surface area contributed by atoms with E-state index in [2.05, 4.69) is 5.32 Å². The summed E-state index contributed by atoms with van der Waals surface area (Å²) in [5.41, 5.74) is -0.321. The number of ether oxygens (including phenoxy) is 1. The van der Waals surface area contributed by atoms with E-state index in [4.69, 9.17) is 4.74 Å². The third-order valence-electron chi connectivity index (χ3n) is 4.48. The summed E-state index contributed by atoms with van der Waals surface area (Å²) < 4.78 is 5.19. The molecule has 1 amide bonds. The number of hydrogen-bond acceptors (Lipinski definition) is 3. The smallest absolute Gasteiger partial charge is 0.408 e. The van der Waals surface area contributed by atoms with Crippen molar-refractivity contribution in [3.63, 3.8) is 0 Å². The Bertz CT molecular complexity index is 517. The van der Waals surface area contributed by atoms with Gasteiger partial charge in [0.05, 0.1) is 0 Å². The lowest BCUT2D eigenvalue weighted by atomic mass is 9.71. The maximum absolute atomic E-state index is 12.1. The van der Waals surface area contributed by atoms with Crippen LogP contribution in [0.1, 0.15) is 44.6 Å². The van der Waals surface area contributed by atoms with E-state index in [9.17, 15) is 14.7 Å². The molecule has 0 aromatic heterocycles. The second kappa shape index (κ2) is 7.29. The molecule has 2 rings (SSSR count). The number of carbonyl (C=O) groups excluding carboxylic acids is 1. The molecule has 1 aliphatic rings. The number of carbonyl (C=O) groups is 2. The Morgan fingerprint density at radius 3 is 2.68 bits per heavy atom. The normalized spacial score (nSPS) is 24.5. The van der Waals surface area contributed by atoms with Gasteiger partial charge >= 0.3 is 12.1 Å². The van der Waals surface area contributed by atoms with Crippen molar-refractivity contribution in [1.82, 2.24) is 5.32 Å². The highest BCUT2D eigenvalue weighted by Gasteiger charge is 2.48. The van der Waals surface area contributed by atoms with Crippen LogP contribution in [0.3, 0.4) is 0 Å². The molecule has 0 spiro atoms. The van der Waals surface area contributed by atoms with Crippen molar-refractivity contribution >= 4 is 12.1 Å². The average molecular weight is 305 g/mol. The molecule has 22 heavy (non-hydrogen) atoms. The third kappa shape index (κ3) is 3.59. The van der Waals surface area contributed by atoms with Crippen LogP contribution in [-0.2, 0) is 16.1 Å². The number of rotatable bonds is 5. The minimum atomic E-state index is -1.19. The molecule has 2 unspecified atom stereocenters. The second-order valence-electron chi connectivity index (χ2n) is 5.81. The number of amides is 1. The van der Waals surface area contributed by atoms with Crippen LogP contribution in [0.15, 0.2) is 30.3 Å². The first-order valence-electron chi connectivity index (χ1n) is 7.80. The summed E-state index contributed by atoms with van der Waals surface area (Å²) in [4.78, 5) is 23.8. The Morgan fingerprint density at radius 2 is 2.05 bits per heavy atom. The lowest BCUT2D eigenvalue weighted by molar-refractivity contribution is -0.149. The van der Waals surface area contributed by atoms with Crippen LogP contribution >= 0.6 is 0 Å². The molecule has 0 radical (unpaired) electrons. The Balaban J connectivity index is 2.01. The van der Waals surface area contributed by atoms with Gasteiger partial charge in [-0.15, -0.1) is 0 Å². The summed E-state index contributed by atoms with van der Waals surface area (Å²) in [6.45, 7) is 2.10. The van der Waals surface area contributed by atoms with Crippen molar-refractivity contribution in [2.45, 2.75) is 51.2 Å². The van der Waals surface area contributed by atoms with E-state index in [0.29, 0.717) is 6.42 Å². The molecule has 0 heterocycles. The molecule has 5 heteroatoms. The summed E-state index contributed by atoms with van der Waals surface area (Å²) in [6, 6.07) is 9.33. The fourth-order valence-electron chi connectivity index (χ4n) is 3.24. The van der Waals surface area contributed by atoms with Gasteiger partial charge in [-0.3, -0.25) is 0 Å². The van der Waals surface area contributed by atoms with Crippen molar-refractivity contribution in [3.8, 4) is 0 Å². The molecule has 1 aliphatic carbocycles. The van der Waals surface area contributed by atoms with E-state index in [-0.39, 0.29) is 12.5 Å². The molecule has 0 aliphatic heterocycles. The number of nitrogens with one attached hydrogen (secondary N) is 1. The van der Waals surface area contributed by atoms with Gasteiger partial charge in [-0.25, -0.2) is 9.59 Å². The van der Waals surface area contributed by atoms with Crippen LogP contribution in [0.4, 0.5) is 4.79 Å². The van der Waals surface area contributed by atoms with Crippen molar-refractivity contribution < 1.29 is 19.4 Å². The lowest BCUT2D eigenvalue weighted by Gasteiger charge is -2.40. The summed E-state index contributed by atoms with van der Waals surface area (Å²) in [5.74, 6) is -1.02. The monoisotopic (exact) mass is 305 g/mol. The molecule has 1 aromatic rings. The highest BCUT2D eigenvalue weighted by atomic mass is 16.5. The molecule has 1 saturated carbocycles. The van der Waals surface area contributed by atoms with Gasteiger partial charge in [-0.1, -0.05) is 56.5 Å². The SMILES string of the molecule is CCC1CCCCC1(NC(=O)OCc1ccccc1)C(=O)O. The fourth-order valence-corrected chi connectivity index (χ4v) is 3.24. The minimum Gasteiger partial charge on any atom is -0.479 e. The summed E-state index contributed by atoms with van der Waals surface area (Å²) in [5, 5.41) is 12.3. The van der Waals surface area contributed by atoms with Crippen molar-refractivity contribution in [1.29, 1.82) is 0 Å². The molecule has 1 fully saturated rings. The lowest BCUT2D eigenvalue weighted by Crippen LogP contribution is -2.60. The first-order chi connectivity index (χ1) is 10.6. The zero-order chi connectivity index (χ0) is 16.0. The van der Waals surface area contributed by atoms with Gasteiger partial charge in [0.15, 0.2) is 0 Å². The van der Waals surface area contributed by atoms with Gasteiger partial charge in [0.25, 0.3) is 0 Å². The van der Waals surface area contributed by atoms with E-state index in [1.54, 1.807) is 0 Å². The van der Waals surface area contributed by atoms with Crippen LogP contribution < -0.4 is 5.32 Å². The van der Waals surface area contributed by atoms with Crippen molar-refractivity contribution in [2.75, 3.05) is 0 Å². The second-order valence-corrected chi connectivity index (χ2v) is 5.81. The largest absolute Gasteiger partial charge is 0.479 e. The maximum atomic E-state index is 12.1. The summed E-state index contributed by atoms with van der Waals surface area (Å²) >= 11 is 0. The highest BCUT2D eigenvalue weighted by molar-refractivity contribution is 5.85. The van der Waals surface area contributed by atoms with Crippen LogP contribution in [-0.4, -0.2) is 22.7 Å². The predicted molar refractivity (Wildman–Crippen MR) is 82.4 cm³/mol. The molecule has 5 nitrogen and oxygen atoms in total. The van der Waals surface area contributed by atoms with Crippen LogP contribution in [0.2, 0.25) is 0 Å². The zero-order valence-electron chi connectivity index (χ0n) is 12.9. The van der Waals surface area contributed by atoms with Gasteiger partial charge in [-0.05, 0) is 24.3 Å². The Labute approximate surface area is 130 Å². The van der Waals surface area contributed by atoms with E-state index < -0.39 is 17.6 Å². The third-order valence-corrected chi connectivity index (χ3v) is 4.48. The molecule has 1 aromatic carbocycles. The van der Waals surface area contributed by atoms with Gasteiger partial charge in [0.2, 0.25) is 0 Å². The van der Waals surface area contributed by atoms with Crippen LogP contribution in [0, 0.1) is 5.92 Å². The molecule has 2 N–H and O–H groups in total. The van der Waals surface area contributed by atoms with Gasteiger partial charge in [-0.2, -0.15) is 0 Å². The first-order valence-corrected chi connectivity index (χ1v) is 7.80. The van der Waals surface area contributed by atoms with Crippen LogP contribution in [0.25, 0.3) is 0 Å². The van der Waals surface area contributed by atoms with E-state index in [0.717, 1.165) is 31.2 Å². The number of alkyl carbamates (subject to hydrolysis) is 1. The highest BCUT2D eigenvalue weighted by Crippen LogP contribution is 2.36. The van der Waals surface area contributed by atoms with Crippen molar-refractivity contribution in [3.05, 3.63) is 35.9 Å². The number of carboxylic acids is 1. The first kappa shape index (κ1) is 16.3. The van der Waals surface area contributed by atoms with Crippen LogP contribution in [0.5, 0.6) is 0 Å².